The Morgan fingerprint density at radius 3 is 2.50 bits per heavy atom. The van der Waals surface area contributed by atoms with E-state index in [1.807, 2.05) is 0 Å². The van der Waals surface area contributed by atoms with Gasteiger partial charge in [-0.1, -0.05) is 12.1 Å². The highest BCUT2D eigenvalue weighted by Crippen LogP contribution is 2.28. The number of aliphatic hydroxyl groups excluding tert-OH is 1. The molecule has 0 spiro atoms. The van der Waals surface area contributed by atoms with E-state index in [2.05, 4.69) is 4.74 Å². The molecule has 0 fully saturated rings. The first-order valence-electron chi connectivity index (χ1n) is 5.41. The maximum Gasteiger partial charge on any atom is 0.387 e. The van der Waals surface area contributed by atoms with E-state index in [-0.39, 0.29) is 23.6 Å². The number of carbonyl (C=O) groups is 2. The minimum absolute atomic E-state index is 0.105. The Bertz CT molecular complexity index is 507. The molecule has 8 heteroatoms. The van der Waals surface area contributed by atoms with Gasteiger partial charge in [0.15, 0.2) is 11.9 Å². The highest BCUT2D eigenvalue weighted by Gasteiger charge is 2.22. The standard InChI is InChI=1S/C12H11ClF2O5/c13-5-7(16)3-6-1-2-8(10(17)11(18)19)9(4-6)20-12(14)15/h1-2,4,10,12,17H,3,5H2,(H,18,19). The minimum atomic E-state index is -3.19. The summed E-state index contributed by atoms with van der Waals surface area (Å²) < 4.78 is 28.7. The third kappa shape index (κ3) is 4.43. The number of halogens is 3. The van der Waals surface area contributed by atoms with Crippen molar-refractivity contribution in [2.24, 2.45) is 0 Å². The van der Waals surface area contributed by atoms with Gasteiger partial charge in [-0.25, -0.2) is 4.79 Å². The zero-order chi connectivity index (χ0) is 15.3. The fourth-order valence-electron chi connectivity index (χ4n) is 1.52. The van der Waals surface area contributed by atoms with E-state index in [4.69, 9.17) is 16.7 Å². The molecule has 1 aromatic rings. The molecule has 0 aromatic heterocycles. The molecular formula is C12H11ClF2O5. The molecule has 0 aliphatic rings. The molecule has 1 aromatic carbocycles. The van der Waals surface area contributed by atoms with Crippen LogP contribution in [0.25, 0.3) is 0 Å². The molecule has 0 heterocycles. The molecule has 1 rings (SSSR count). The first-order valence-corrected chi connectivity index (χ1v) is 5.94. The van der Waals surface area contributed by atoms with Gasteiger partial charge in [-0.2, -0.15) is 8.78 Å². The largest absolute Gasteiger partial charge is 0.479 e. The maximum atomic E-state index is 12.3. The summed E-state index contributed by atoms with van der Waals surface area (Å²) in [6.45, 7) is -3.19. The Kier molecular flexibility index (Phi) is 5.84. The molecule has 2 N–H and O–H groups in total. The second-order valence-electron chi connectivity index (χ2n) is 3.84. The number of aliphatic hydroxyl groups is 1. The summed E-state index contributed by atoms with van der Waals surface area (Å²) in [7, 11) is 0. The number of aliphatic carboxylic acids is 1. The molecule has 0 aliphatic heterocycles. The second kappa shape index (κ2) is 7.16. The van der Waals surface area contributed by atoms with Crippen molar-refractivity contribution < 1.29 is 33.3 Å². The molecule has 0 saturated carbocycles. The maximum absolute atomic E-state index is 12.3. The van der Waals surface area contributed by atoms with Gasteiger partial charge in [0.1, 0.15) is 5.75 Å². The monoisotopic (exact) mass is 308 g/mol. The van der Waals surface area contributed by atoms with Crippen molar-refractivity contribution in [2.75, 3.05) is 5.88 Å². The van der Waals surface area contributed by atoms with Crippen LogP contribution in [0.5, 0.6) is 5.75 Å². The van der Waals surface area contributed by atoms with Gasteiger partial charge < -0.3 is 14.9 Å². The molecule has 0 amide bonds. The lowest BCUT2D eigenvalue weighted by Crippen LogP contribution is -2.14. The summed E-state index contributed by atoms with van der Waals surface area (Å²) in [6, 6.07) is 3.54. The Labute approximate surface area is 117 Å². The molecule has 0 aliphatic carbocycles. The van der Waals surface area contributed by atoms with Gasteiger partial charge in [0.05, 0.1) is 5.88 Å². The lowest BCUT2D eigenvalue weighted by Gasteiger charge is -2.14. The van der Waals surface area contributed by atoms with Crippen LogP contribution < -0.4 is 4.74 Å². The van der Waals surface area contributed by atoms with Crippen molar-refractivity contribution in [1.82, 2.24) is 0 Å². The van der Waals surface area contributed by atoms with Crippen LogP contribution in [0.2, 0.25) is 0 Å². The molecular weight excluding hydrogens is 298 g/mol. The van der Waals surface area contributed by atoms with E-state index in [1.165, 1.54) is 6.07 Å². The van der Waals surface area contributed by atoms with Crippen molar-refractivity contribution >= 4 is 23.4 Å². The Balaban J connectivity index is 3.12. The third-order valence-corrected chi connectivity index (χ3v) is 2.67. The van der Waals surface area contributed by atoms with E-state index in [0.717, 1.165) is 12.1 Å². The van der Waals surface area contributed by atoms with E-state index >= 15 is 0 Å². The molecule has 1 atom stereocenters. The van der Waals surface area contributed by atoms with Crippen LogP contribution in [-0.2, 0) is 16.0 Å². The number of hydrogen-bond acceptors (Lipinski definition) is 4. The Morgan fingerprint density at radius 2 is 2.00 bits per heavy atom. The third-order valence-electron chi connectivity index (χ3n) is 2.37. The zero-order valence-corrected chi connectivity index (χ0v) is 10.8. The van der Waals surface area contributed by atoms with Crippen LogP contribution in [0.3, 0.4) is 0 Å². The molecule has 5 nitrogen and oxygen atoms in total. The summed E-state index contributed by atoms with van der Waals surface area (Å²) in [4.78, 5) is 21.9. The topological polar surface area (TPSA) is 83.8 Å². The highest BCUT2D eigenvalue weighted by molar-refractivity contribution is 6.27. The Hall–Kier alpha value is -1.73. The van der Waals surface area contributed by atoms with Crippen LogP contribution in [0.1, 0.15) is 17.2 Å². The summed E-state index contributed by atoms with van der Waals surface area (Å²) in [5, 5.41) is 18.1. The predicted molar refractivity (Wildman–Crippen MR) is 65.1 cm³/mol. The van der Waals surface area contributed by atoms with Crippen molar-refractivity contribution in [3.05, 3.63) is 29.3 Å². The highest BCUT2D eigenvalue weighted by atomic mass is 35.5. The summed E-state index contributed by atoms with van der Waals surface area (Å²) >= 11 is 5.33. The van der Waals surface area contributed by atoms with Gasteiger partial charge in [0.2, 0.25) is 0 Å². The Morgan fingerprint density at radius 1 is 1.35 bits per heavy atom. The molecule has 0 bridgehead atoms. The minimum Gasteiger partial charge on any atom is -0.479 e. The number of ether oxygens (including phenoxy) is 1. The number of benzene rings is 1. The molecule has 110 valence electrons. The fraction of sp³-hybridized carbons (Fsp3) is 0.333. The van der Waals surface area contributed by atoms with Gasteiger partial charge in [0, 0.05) is 12.0 Å². The molecule has 0 saturated heterocycles. The molecule has 20 heavy (non-hydrogen) atoms. The average Bonchev–Trinajstić information content (AvgIpc) is 2.37. The van der Waals surface area contributed by atoms with Gasteiger partial charge in [-0.15, -0.1) is 11.6 Å². The number of carboxylic acids is 1. The SMILES string of the molecule is O=C(CCl)Cc1ccc(C(O)C(=O)O)c(OC(F)F)c1. The van der Waals surface area contributed by atoms with Crippen LogP contribution in [0.4, 0.5) is 8.78 Å². The van der Waals surface area contributed by atoms with Gasteiger partial charge in [0.25, 0.3) is 0 Å². The van der Waals surface area contributed by atoms with Gasteiger partial charge >= 0.3 is 12.6 Å². The first-order chi connectivity index (χ1) is 9.35. The predicted octanol–water partition coefficient (Wildman–Crippen LogP) is 1.76. The summed E-state index contributed by atoms with van der Waals surface area (Å²) in [6.07, 6.45) is -2.10. The zero-order valence-electron chi connectivity index (χ0n) is 10.1. The van der Waals surface area contributed by atoms with E-state index in [0.29, 0.717) is 5.56 Å². The van der Waals surface area contributed by atoms with Crippen molar-refractivity contribution in [3.8, 4) is 5.75 Å². The van der Waals surface area contributed by atoms with E-state index < -0.39 is 24.4 Å². The lowest BCUT2D eigenvalue weighted by atomic mass is 10.0. The molecule has 1 unspecified atom stereocenters. The quantitative estimate of drug-likeness (QED) is 0.750. The average molecular weight is 309 g/mol. The fourth-order valence-corrected chi connectivity index (χ4v) is 1.62. The van der Waals surface area contributed by atoms with E-state index in [1.54, 1.807) is 0 Å². The van der Waals surface area contributed by atoms with Crippen molar-refractivity contribution in [2.45, 2.75) is 19.1 Å². The number of carboxylic acid groups (broad SMARTS) is 1. The van der Waals surface area contributed by atoms with Crippen LogP contribution >= 0.6 is 11.6 Å². The van der Waals surface area contributed by atoms with E-state index in [9.17, 15) is 23.5 Å². The summed E-state index contributed by atoms with van der Waals surface area (Å²) in [5.74, 6) is -2.66. The normalized spacial score (nSPS) is 12.2. The smallest absolute Gasteiger partial charge is 0.387 e. The van der Waals surface area contributed by atoms with Gasteiger partial charge in [-0.3, -0.25) is 4.79 Å². The number of Topliss-reactive ketones (excluding diaryl/α,β-unsaturated/α-hetero) is 1. The van der Waals surface area contributed by atoms with Crippen LogP contribution in [-0.4, -0.2) is 34.5 Å². The number of rotatable bonds is 7. The van der Waals surface area contributed by atoms with Gasteiger partial charge in [-0.05, 0) is 11.6 Å². The number of ketones is 1. The lowest BCUT2D eigenvalue weighted by molar-refractivity contribution is -0.147. The number of carbonyl (C=O) groups excluding carboxylic acids is 1. The first kappa shape index (κ1) is 16.3. The van der Waals surface area contributed by atoms with Crippen molar-refractivity contribution in [3.63, 3.8) is 0 Å². The van der Waals surface area contributed by atoms with Crippen molar-refractivity contribution in [1.29, 1.82) is 0 Å². The van der Waals surface area contributed by atoms with Crippen LogP contribution in [0, 0.1) is 0 Å². The molecule has 0 radical (unpaired) electrons. The second-order valence-corrected chi connectivity index (χ2v) is 4.11. The number of alkyl halides is 3. The summed E-state index contributed by atoms with van der Waals surface area (Å²) in [5.41, 5.74) is 0.00695. The van der Waals surface area contributed by atoms with Crippen LogP contribution in [0.15, 0.2) is 18.2 Å². The number of hydrogen-bond donors (Lipinski definition) is 2.